The second-order valence-electron chi connectivity index (χ2n) is 11.5. The molecule has 2 aliphatic heterocycles. The van der Waals surface area contributed by atoms with Crippen LogP contribution in [0.15, 0.2) is 34.9 Å². The maximum atomic E-state index is 11.7. The maximum absolute atomic E-state index is 11.7. The molecule has 4 fully saturated rings. The smallest absolute Gasteiger partial charge is 0.335 e. The third-order valence-electron chi connectivity index (χ3n) is 8.26. The van der Waals surface area contributed by atoms with Crippen molar-refractivity contribution in [1.82, 2.24) is 15.5 Å². The Morgan fingerprint density at radius 3 is 2.59 bits per heavy atom. The first-order chi connectivity index (χ1) is 19.8. The van der Waals surface area contributed by atoms with E-state index < -0.39 is 5.97 Å². The minimum atomic E-state index is -0.970. The van der Waals surface area contributed by atoms with E-state index >= 15 is 0 Å². The Balaban J connectivity index is 1.09. The maximum Gasteiger partial charge on any atom is 0.335 e. The van der Waals surface area contributed by atoms with Crippen molar-refractivity contribution in [2.75, 3.05) is 4.90 Å². The summed E-state index contributed by atoms with van der Waals surface area (Å²) in [7, 11) is 0. The lowest BCUT2D eigenvalue weighted by Gasteiger charge is -2.55. The molecular weight excluding hydrogens is 583 g/mol. The van der Waals surface area contributed by atoms with Crippen LogP contribution in [0.5, 0.6) is 5.75 Å². The van der Waals surface area contributed by atoms with Crippen molar-refractivity contribution in [1.29, 1.82) is 0 Å². The fourth-order valence-corrected chi connectivity index (χ4v) is 7.99. The Bertz CT molecular complexity index is 1620. The zero-order valence-electron chi connectivity index (χ0n) is 22.7. The molecular formula is C30H30Cl2N4O4S. The van der Waals surface area contributed by atoms with E-state index in [-0.39, 0.29) is 11.7 Å². The number of carbonyl (C=O) groups is 1. The number of rotatable bonds is 9. The summed E-state index contributed by atoms with van der Waals surface area (Å²) in [6.07, 6.45) is 5.26. The summed E-state index contributed by atoms with van der Waals surface area (Å²) in [5.41, 5.74) is 3.45. The van der Waals surface area contributed by atoms with Gasteiger partial charge < -0.3 is 24.6 Å². The molecule has 0 amide bonds. The monoisotopic (exact) mass is 612 g/mol. The summed E-state index contributed by atoms with van der Waals surface area (Å²) in [5.74, 6) is 0.913. The van der Waals surface area contributed by atoms with Gasteiger partial charge in [-0.1, -0.05) is 45.8 Å². The molecule has 4 heterocycles. The van der Waals surface area contributed by atoms with Crippen LogP contribution in [0.1, 0.15) is 73.6 Å². The van der Waals surface area contributed by atoms with Crippen molar-refractivity contribution >= 4 is 55.9 Å². The molecule has 11 heteroatoms. The van der Waals surface area contributed by atoms with Crippen LogP contribution in [0.2, 0.25) is 10.0 Å². The molecule has 2 saturated heterocycles. The number of carboxylic acid groups (broad SMARTS) is 1. The lowest BCUT2D eigenvalue weighted by Crippen LogP contribution is -2.64. The van der Waals surface area contributed by atoms with Gasteiger partial charge in [0.05, 0.1) is 26.4 Å². The van der Waals surface area contributed by atoms with Gasteiger partial charge in [-0.3, -0.25) is 0 Å². The van der Waals surface area contributed by atoms with Gasteiger partial charge in [-0.15, -0.1) is 0 Å². The number of fused-ring (bicyclic) bond motifs is 3. The summed E-state index contributed by atoms with van der Waals surface area (Å²) in [4.78, 5) is 19.1. The zero-order valence-corrected chi connectivity index (χ0v) is 25.0. The first kappa shape index (κ1) is 27.0. The topological polar surface area (TPSA) is 101 Å². The number of piperidine rings is 1. The molecule has 2 unspecified atom stereocenters. The SMILES string of the molecule is CC(C)Oc1cc(C(=O)O)cc2sc(N3C4CC(NCc5c(-c6c(Cl)cccc6Cl)noc5C5CC5)CC3C4)nc12. The molecule has 0 radical (unpaired) electrons. The predicted molar refractivity (Wildman–Crippen MR) is 161 cm³/mol. The van der Waals surface area contributed by atoms with Crippen molar-refractivity contribution in [2.24, 2.45) is 0 Å². The first-order valence-electron chi connectivity index (χ1n) is 14.1. The van der Waals surface area contributed by atoms with Gasteiger partial charge in [-0.2, -0.15) is 0 Å². The third kappa shape index (κ3) is 4.96. The number of thiazole rings is 1. The van der Waals surface area contributed by atoms with Gasteiger partial charge in [-0.25, -0.2) is 9.78 Å². The molecule has 4 aromatic rings. The van der Waals surface area contributed by atoms with E-state index in [0.717, 1.165) is 70.0 Å². The van der Waals surface area contributed by atoms with Gasteiger partial charge in [0.2, 0.25) is 0 Å². The fraction of sp³-hybridized carbons (Fsp3) is 0.433. The van der Waals surface area contributed by atoms with Crippen LogP contribution in [0.25, 0.3) is 21.5 Å². The Hall–Kier alpha value is -2.85. The first-order valence-corrected chi connectivity index (χ1v) is 15.6. The molecule has 2 aromatic heterocycles. The van der Waals surface area contributed by atoms with Gasteiger partial charge in [0.25, 0.3) is 0 Å². The molecule has 2 saturated carbocycles. The summed E-state index contributed by atoms with van der Waals surface area (Å²) >= 11 is 14.6. The number of aromatic nitrogens is 2. The molecule has 2 bridgehead atoms. The van der Waals surface area contributed by atoms with Crippen LogP contribution in [0.4, 0.5) is 5.13 Å². The van der Waals surface area contributed by atoms with E-state index in [1.165, 1.54) is 0 Å². The number of nitrogens with one attached hydrogen (secondary N) is 1. The number of benzene rings is 2. The van der Waals surface area contributed by atoms with E-state index in [1.54, 1.807) is 23.5 Å². The van der Waals surface area contributed by atoms with E-state index in [1.807, 2.05) is 32.0 Å². The minimum Gasteiger partial charge on any atom is -0.489 e. The van der Waals surface area contributed by atoms with Crippen molar-refractivity contribution in [3.8, 4) is 17.0 Å². The number of carboxylic acids is 1. The van der Waals surface area contributed by atoms with Crippen LogP contribution in [-0.4, -0.2) is 45.4 Å². The van der Waals surface area contributed by atoms with Crippen LogP contribution in [-0.2, 0) is 6.54 Å². The molecule has 4 aliphatic rings. The second-order valence-corrected chi connectivity index (χ2v) is 13.4. The van der Waals surface area contributed by atoms with Gasteiger partial charge in [0, 0.05) is 41.7 Å². The highest BCUT2D eigenvalue weighted by Crippen LogP contribution is 2.48. The number of aromatic carboxylic acids is 1. The molecule has 214 valence electrons. The quantitative estimate of drug-likeness (QED) is 0.200. The van der Waals surface area contributed by atoms with E-state index in [9.17, 15) is 9.90 Å². The summed E-state index contributed by atoms with van der Waals surface area (Å²) < 4.78 is 12.6. The fourth-order valence-electron chi connectivity index (χ4n) is 6.24. The van der Waals surface area contributed by atoms with E-state index in [0.29, 0.717) is 46.4 Å². The number of hydrogen-bond acceptors (Lipinski definition) is 8. The largest absolute Gasteiger partial charge is 0.489 e. The van der Waals surface area contributed by atoms with Crippen LogP contribution in [0.3, 0.4) is 0 Å². The van der Waals surface area contributed by atoms with Crippen molar-refractivity contribution < 1.29 is 19.2 Å². The average Bonchev–Trinajstić information content (AvgIpc) is 3.55. The number of nitrogens with zero attached hydrogens (tertiary/aromatic N) is 3. The zero-order chi connectivity index (χ0) is 28.4. The number of hydrogen-bond donors (Lipinski definition) is 2. The lowest BCUT2D eigenvalue weighted by atomic mass is 9.77. The summed E-state index contributed by atoms with van der Waals surface area (Å²) in [6, 6.07) is 9.88. The van der Waals surface area contributed by atoms with Crippen LogP contribution < -0.4 is 15.0 Å². The standard InChI is InChI=1S/C30H30Cl2N4O4S/c1-14(2)39-23-8-16(29(37)38)9-24-27(23)34-30(41-24)36-18-10-17(11-19(36)12-18)33-13-20-26(35-40-28(20)15-6-7-15)25-21(31)4-3-5-22(25)32/h3-5,8-9,14-15,17-19,33H,6-7,10-13H2,1-2H3,(H,37,38). The van der Waals surface area contributed by atoms with Crippen molar-refractivity contribution in [2.45, 2.75) is 82.6 Å². The molecule has 0 spiro atoms. The molecule has 2 aliphatic carbocycles. The number of anilines is 1. The van der Waals surface area contributed by atoms with E-state index in [4.69, 9.17) is 37.4 Å². The summed E-state index contributed by atoms with van der Waals surface area (Å²) in [6.45, 7) is 4.50. The highest BCUT2D eigenvalue weighted by molar-refractivity contribution is 7.22. The second kappa shape index (κ2) is 10.5. The van der Waals surface area contributed by atoms with Gasteiger partial charge >= 0.3 is 5.97 Å². The van der Waals surface area contributed by atoms with Gasteiger partial charge in [0.1, 0.15) is 22.7 Å². The molecule has 8 rings (SSSR count). The number of ether oxygens (including phenoxy) is 1. The molecule has 2 aromatic carbocycles. The molecule has 41 heavy (non-hydrogen) atoms. The Labute approximate surface area is 251 Å². The molecule has 2 N–H and O–H groups in total. The Morgan fingerprint density at radius 2 is 1.93 bits per heavy atom. The molecule has 2 atom stereocenters. The van der Waals surface area contributed by atoms with Crippen molar-refractivity contribution in [3.63, 3.8) is 0 Å². The highest BCUT2D eigenvalue weighted by Gasteiger charge is 2.47. The Kier molecular flexibility index (Phi) is 6.89. The lowest BCUT2D eigenvalue weighted by molar-refractivity contribution is 0.0696. The van der Waals surface area contributed by atoms with Gasteiger partial charge in [-0.05, 0) is 70.2 Å². The highest BCUT2D eigenvalue weighted by atomic mass is 35.5. The van der Waals surface area contributed by atoms with Crippen molar-refractivity contribution in [3.05, 3.63) is 57.3 Å². The average molecular weight is 614 g/mol. The van der Waals surface area contributed by atoms with Crippen LogP contribution in [0, 0.1) is 0 Å². The minimum absolute atomic E-state index is 0.0806. The number of halogens is 2. The normalized spacial score (nSPS) is 21.9. The van der Waals surface area contributed by atoms with E-state index in [2.05, 4.69) is 15.4 Å². The third-order valence-corrected chi connectivity index (χ3v) is 9.90. The Morgan fingerprint density at radius 1 is 1.20 bits per heavy atom. The van der Waals surface area contributed by atoms with Crippen LogP contribution >= 0.6 is 34.5 Å². The predicted octanol–water partition coefficient (Wildman–Crippen LogP) is 7.52. The summed E-state index contributed by atoms with van der Waals surface area (Å²) in [5, 5.41) is 19.9. The molecule has 8 nitrogen and oxygen atoms in total. The van der Waals surface area contributed by atoms with Gasteiger partial charge in [0.15, 0.2) is 5.13 Å².